The summed E-state index contributed by atoms with van der Waals surface area (Å²) in [7, 11) is 20.2. The van der Waals surface area contributed by atoms with Gasteiger partial charge in [0.05, 0.1) is 105 Å². The molecule has 12 aliphatic carbocycles. The van der Waals surface area contributed by atoms with E-state index in [1.165, 1.54) is 52.6 Å². The Morgan fingerprint density at radius 3 is 0.453 bits per heavy atom. The lowest BCUT2D eigenvalue weighted by Gasteiger charge is -2.63. The second-order valence-electron chi connectivity index (χ2n) is 34.2. The van der Waals surface area contributed by atoms with Crippen LogP contribution in [0.4, 0.5) is 0 Å². The Kier molecular flexibility index (Phi) is 22.9. The van der Waals surface area contributed by atoms with Crippen molar-refractivity contribution in [1.82, 2.24) is 0 Å². The van der Waals surface area contributed by atoms with Gasteiger partial charge < -0.3 is 85.3 Å². The van der Waals surface area contributed by atoms with Crippen molar-refractivity contribution in [3.8, 4) is 175 Å². The number of benzene rings is 6. The van der Waals surface area contributed by atoms with E-state index in [9.17, 15) is 0 Å². The number of methoxy groups -OCH3 is 12. The Morgan fingerprint density at radius 2 is 0.333 bits per heavy atom. The minimum Gasteiger partial charge on any atom is -0.493 e. The molecule has 22 aliphatic rings. The highest BCUT2D eigenvalue weighted by molar-refractivity contribution is 5.63. The molecule has 18 nitrogen and oxygen atoms in total. The van der Waals surface area contributed by atoms with Gasteiger partial charge in [0.2, 0.25) is 34.5 Å². The molecule has 0 amide bonds. The van der Waals surface area contributed by atoms with E-state index < -0.39 is 0 Å². The second kappa shape index (κ2) is 33.6. The van der Waals surface area contributed by atoms with Crippen LogP contribution in [0.5, 0.6) is 103 Å². The van der Waals surface area contributed by atoms with E-state index in [1.807, 2.05) is 0 Å². The fraction of sp³-hybridized carbons (Fsp3) is 0.515. The van der Waals surface area contributed by atoms with Crippen molar-refractivity contribution in [2.75, 3.05) is 125 Å². The minimum absolute atomic E-state index is 0.110. The quantitative estimate of drug-likeness (QED) is 0.106. The lowest BCUT2D eigenvalue weighted by atomic mass is 9.41. The van der Waals surface area contributed by atoms with Gasteiger partial charge in [-0.25, -0.2) is 0 Å². The molecule has 6 spiro atoms. The smallest absolute Gasteiger partial charge is 0.204 e. The first-order chi connectivity index (χ1) is 57.1. The molecule has 0 radical (unpaired) electrons. The van der Waals surface area contributed by atoms with Gasteiger partial charge in [0, 0.05) is 0 Å². The van der Waals surface area contributed by atoms with Crippen LogP contribution in [-0.2, 0) is 32.5 Å². The van der Waals surface area contributed by atoms with Crippen molar-refractivity contribution in [2.24, 2.45) is 35.5 Å². The Bertz CT molecular complexity index is 4170. The van der Waals surface area contributed by atoms with Gasteiger partial charge in [-0.2, -0.15) is 0 Å². The molecule has 10 heterocycles. The molecule has 0 saturated heterocycles. The van der Waals surface area contributed by atoms with Crippen molar-refractivity contribution in [1.29, 1.82) is 0 Å². The Morgan fingerprint density at radius 1 is 0.205 bits per heavy atom. The molecule has 117 heavy (non-hydrogen) atoms. The van der Waals surface area contributed by atoms with Gasteiger partial charge in [-0.05, 0) is 290 Å². The molecule has 28 rings (SSSR count). The second-order valence-corrected chi connectivity index (χ2v) is 34.2. The maximum absolute atomic E-state index is 6.39. The summed E-state index contributed by atoms with van der Waals surface area (Å²) >= 11 is 0. The van der Waals surface area contributed by atoms with E-state index in [0.29, 0.717) is 158 Å². The molecule has 10 aliphatic heterocycles. The zero-order valence-corrected chi connectivity index (χ0v) is 69.8. The highest BCUT2D eigenvalue weighted by Crippen LogP contribution is 2.71. The Labute approximate surface area is 690 Å². The van der Waals surface area contributed by atoms with Crippen LogP contribution >= 0.6 is 0 Å². The first-order valence-electron chi connectivity index (χ1n) is 41.2. The lowest BCUT2D eigenvalue weighted by Crippen LogP contribution is -2.56. The monoisotopic (exact) mass is 1580 g/mol. The van der Waals surface area contributed by atoms with E-state index in [4.69, 9.17) is 85.3 Å². The number of rotatable bonds is 12. The fourth-order valence-corrected chi connectivity index (χ4v) is 24.2. The normalized spacial score (nSPS) is 28.2. The fourth-order valence-electron chi connectivity index (χ4n) is 24.2. The molecule has 12 saturated carbocycles. The predicted octanol–water partition coefficient (Wildman–Crippen LogP) is 17.0. The predicted molar refractivity (Wildman–Crippen MR) is 445 cm³/mol. The van der Waals surface area contributed by atoms with Gasteiger partial charge in [-0.3, -0.25) is 0 Å². The Balaban J connectivity index is 0.660. The largest absolute Gasteiger partial charge is 0.493 e. The van der Waals surface area contributed by atoms with Crippen molar-refractivity contribution in [3.05, 3.63) is 106 Å². The first-order valence-corrected chi connectivity index (χ1v) is 41.2. The third-order valence-corrected chi connectivity index (χ3v) is 27.6. The van der Waals surface area contributed by atoms with Crippen LogP contribution in [0, 0.1) is 107 Å². The first kappa shape index (κ1) is 79.9. The average molecular weight is 1590 g/mol. The molecule has 6 aromatic carbocycles. The molecule has 0 aromatic heterocycles. The maximum Gasteiger partial charge on any atom is 0.204 e. The molecule has 0 atom stereocenters. The van der Waals surface area contributed by atoms with E-state index >= 15 is 0 Å². The molecule has 6 aromatic rings. The standard InChI is InChI=1S/C99H108O18/c1-100-76-37-70-38-77(101-2)88(76)112-28-22-16-13-17-23-29-113-90-80(104-5)41-72(42-81(90)105-6)96-53-66-35-67(54-96)56-97(55-66,62-96)73-43-82(106-7)92(83(44-73)107-8)116-32-26-20-15-21-27-33-117-93-86(110-11)47-75(48-87(93)111-12)99-59-68-36-69(60-99)58-98(57-68,63-99)74-45-84(108-9)91(85(46-74)109-10)115-31-25-19-14-18-24-30-114-89-78(102-3)39-71(40-79(89)103-4)95-51-64-34-65(52-95)50-94(70,49-64)61-95/h37-48,64-69H,13-15,28-36,49-63H2,1-12H3. The third-order valence-electron chi connectivity index (χ3n) is 27.6. The number of fused-ring (bicyclic) bond motifs is 2. The molecular weight excluding hydrogens is 1480 g/mol. The lowest BCUT2D eigenvalue weighted by molar-refractivity contribution is -0.0286. The highest BCUT2D eigenvalue weighted by Gasteiger charge is 2.63. The van der Waals surface area contributed by atoms with Crippen LogP contribution in [0.2, 0.25) is 0 Å². The molecule has 0 N–H and O–H groups in total. The van der Waals surface area contributed by atoms with E-state index in [1.54, 1.807) is 85.3 Å². The zero-order chi connectivity index (χ0) is 81.1. The Hall–Kier alpha value is -10.9. The molecule has 612 valence electrons. The maximum atomic E-state index is 6.39. The van der Waals surface area contributed by atoms with Crippen LogP contribution in [-0.4, -0.2) is 125 Å². The zero-order valence-electron chi connectivity index (χ0n) is 69.8. The summed E-state index contributed by atoms with van der Waals surface area (Å²) in [5, 5.41) is 0. The van der Waals surface area contributed by atoms with Crippen molar-refractivity contribution in [2.45, 2.75) is 167 Å². The van der Waals surface area contributed by atoms with Crippen molar-refractivity contribution < 1.29 is 85.3 Å². The van der Waals surface area contributed by atoms with Gasteiger partial charge >= 0.3 is 0 Å². The summed E-state index contributed by atoms with van der Waals surface area (Å²) in [6, 6.07) is 26.0. The molecule has 24 bridgehead atoms. The highest BCUT2D eigenvalue weighted by atomic mass is 16.6. The van der Waals surface area contributed by atoms with Gasteiger partial charge in [0.1, 0.15) is 39.6 Å². The van der Waals surface area contributed by atoms with Gasteiger partial charge in [-0.15, -0.1) is 0 Å². The molecule has 18 heteroatoms. The summed E-state index contributed by atoms with van der Waals surface area (Å²) in [5.41, 5.74) is 6.42. The number of hydrogen-bond acceptors (Lipinski definition) is 18. The molecular formula is C99H108O18. The van der Waals surface area contributed by atoms with Crippen LogP contribution in [0.1, 0.15) is 168 Å². The summed E-state index contributed by atoms with van der Waals surface area (Å²) in [4.78, 5) is 0. The number of hydrogen-bond donors (Lipinski definition) is 0. The third kappa shape index (κ3) is 15.2. The van der Waals surface area contributed by atoms with Crippen LogP contribution in [0.25, 0.3) is 0 Å². The van der Waals surface area contributed by atoms with E-state index in [2.05, 4.69) is 144 Å². The average Bonchev–Trinajstić information content (AvgIpc) is 0.711. The summed E-state index contributed by atoms with van der Waals surface area (Å²) in [5.74, 6) is 51.5. The summed E-state index contributed by atoms with van der Waals surface area (Å²) in [6.45, 7) is 0.662. The summed E-state index contributed by atoms with van der Waals surface area (Å²) < 4.78 is 112. The minimum atomic E-state index is -0.126. The van der Waals surface area contributed by atoms with Gasteiger partial charge in [0.15, 0.2) is 69.0 Å². The van der Waals surface area contributed by atoms with Crippen LogP contribution in [0.3, 0.4) is 0 Å². The van der Waals surface area contributed by atoms with E-state index in [0.717, 1.165) is 96.3 Å². The SMILES string of the molecule is COc1cc2cc(OC)c1OCC#CCC#CCOc1c(OC)cc(cc1OC)C13CC4CC(C1)CC(C4)(C3)c1cc(OC)c(c(OC)c1)OCC#CCC#CCOc1c(OC)cc(cc1OC)C13CC4CC(CC(C4)(C1)c1cc(OC)c(c(OC)c1)OCC#CCC#CCOc1c(OC)cc(cc1OC)C14CC5CC(CC2(C5)C1)C4)C3. The van der Waals surface area contributed by atoms with Crippen molar-refractivity contribution in [3.63, 3.8) is 0 Å². The van der Waals surface area contributed by atoms with Crippen molar-refractivity contribution >= 4 is 0 Å². The molecule has 0 unspecified atom stereocenters. The summed E-state index contributed by atoms with van der Waals surface area (Å²) in [6.07, 6.45) is 20.3. The number of ether oxygens (including phenoxy) is 18. The van der Waals surface area contributed by atoms with E-state index in [-0.39, 0.29) is 72.1 Å². The molecule has 12 fully saturated rings. The van der Waals surface area contributed by atoms with Crippen LogP contribution in [0.15, 0.2) is 72.8 Å². The topological polar surface area (TPSA) is 166 Å². The van der Waals surface area contributed by atoms with Crippen LogP contribution < -0.4 is 85.3 Å². The van der Waals surface area contributed by atoms with Gasteiger partial charge in [-0.1, -0.05) is 71.0 Å². The van der Waals surface area contributed by atoms with Gasteiger partial charge in [0.25, 0.3) is 0 Å².